The Morgan fingerprint density at radius 2 is 2.16 bits per heavy atom. The van der Waals surface area contributed by atoms with Crippen LogP contribution in [0.1, 0.15) is 26.3 Å². The van der Waals surface area contributed by atoms with Crippen molar-refractivity contribution >= 4 is 17.6 Å². The molecular formula is C14H19ClFNO2. The van der Waals surface area contributed by atoms with Crippen LogP contribution in [0.3, 0.4) is 0 Å². The second kappa shape index (κ2) is 7.46. The molecule has 0 aromatic heterocycles. The second-order valence-corrected chi connectivity index (χ2v) is 4.96. The first-order valence-corrected chi connectivity index (χ1v) is 6.65. The maximum absolute atomic E-state index is 13.1. The van der Waals surface area contributed by atoms with Crippen LogP contribution in [0.15, 0.2) is 18.2 Å². The summed E-state index contributed by atoms with van der Waals surface area (Å²) >= 11 is 5.75. The Morgan fingerprint density at radius 3 is 2.68 bits per heavy atom. The van der Waals surface area contributed by atoms with Crippen molar-refractivity contribution in [1.29, 1.82) is 0 Å². The van der Waals surface area contributed by atoms with Crippen molar-refractivity contribution in [3.63, 3.8) is 0 Å². The molecule has 19 heavy (non-hydrogen) atoms. The third-order valence-corrected chi connectivity index (χ3v) is 3.03. The molecule has 3 nitrogen and oxygen atoms in total. The topological polar surface area (TPSA) is 29.5 Å². The van der Waals surface area contributed by atoms with Gasteiger partial charge in [-0.1, -0.05) is 17.7 Å². The summed E-state index contributed by atoms with van der Waals surface area (Å²) in [5.41, 5.74) is 0.865. The molecular weight excluding hydrogens is 269 g/mol. The highest BCUT2D eigenvalue weighted by Gasteiger charge is 2.15. The Bertz CT molecular complexity index is 437. The van der Waals surface area contributed by atoms with Gasteiger partial charge in [0.2, 0.25) is 0 Å². The summed E-state index contributed by atoms with van der Waals surface area (Å²) < 4.78 is 18.0. The number of ether oxygens (including phenoxy) is 1. The van der Waals surface area contributed by atoms with Crippen molar-refractivity contribution in [2.75, 3.05) is 13.2 Å². The van der Waals surface area contributed by atoms with Crippen LogP contribution in [0, 0.1) is 5.82 Å². The lowest BCUT2D eigenvalue weighted by Gasteiger charge is -2.25. The first-order chi connectivity index (χ1) is 8.93. The molecule has 0 aliphatic heterocycles. The van der Waals surface area contributed by atoms with Gasteiger partial charge in [0.05, 0.1) is 18.2 Å². The zero-order valence-corrected chi connectivity index (χ0v) is 12.2. The number of esters is 1. The molecule has 0 amide bonds. The van der Waals surface area contributed by atoms with Crippen molar-refractivity contribution in [3.8, 4) is 0 Å². The molecule has 1 aromatic rings. The minimum atomic E-state index is -0.438. The van der Waals surface area contributed by atoms with E-state index in [0.29, 0.717) is 13.2 Å². The van der Waals surface area contributed by atoms with E-state index in [2.05, 4.69) is 0 Å². The van der Waals surface area contributed by atoms with Crippen LogP contribution in [-0.4, -0.2) is 30.1 Å². The smallest absolute Gasteiger partial charge is 0.320 e. The SMILES string of the molecule is CCOC(=O)CN(Cc1ccc(F)c(Cl)c1)C(C)C. The average Bonchev–Trinajstić information content (AvgIpc) is 2.33. The molecule has 0 saturated heterocycles. The number of rotatable bonds is 6. The predicted octanol–water partition coefficient (Wildman–Crippen LogP) is 3.25. The number of halogens is 2. The van der Waals surface area contributed by atoms with Crippen molar-refractivity contribution in [2.24, 2.45) is 0 Å². The molecule has 0 unspecified atom stereocenters. The molecule has 0 N–H and O–H groups in total. The van der Waals surface area contributed by atoms with Crippen LogP contribution in [0.2, 0.25) is 5.02 Å². The van der Waals surface area contributed by atoms with E-state index in [-0.39, 0.29) is 23.6 Å². The van der Waals surface area contributed by atoms with E-state index in [1.54, 1.807) is 19.1 Å². The first kappa shape index (κ1) is 15.9. The highest BCUT2D eigenvalue weighted by atomic mass is 35.5. The van der Waals surface area contributed by atoms with E-state index in [1.807, 2.05) is 18.7 Å². The molecule has 106 valence electrons. The minimum Gasteiger partial charge on any atom is -0.465 e. The van der Waals surface area contributed by atoms with E-state index >= 15 is 0 Å². The Labute approximate surface area is 118 Å². The fraction of sp³-hybridized carbons (Fsp3) is 0.500. The van der Waals surface area contributed by atoms with Crippen molar-refractivity contribution in [3.05, 3.63) is 34.6 Å². The third-order valence-electron chi connectivity index (χ3n) is 2.74. The van der Waals surface area contributed by atoms with E-state index in [0.717, 1.165) is 5.56 Å². The number of hydrogen-bond donors (Lipinski definition) is 0. The Hall–Kier alpha value is -1.13. The van der Waals surface area contributed by atoms with Gasteiger partial charge in [-0.3, -0.25) is 9.69 Å². The fourth-order valence-corrected chi connectivity index (χ4v) is 1.87. The van der Waals surface area contributed by atoms with Gasteiger partial charge in [0.1, 0.15) is 5.82 Å². The lowest BCUT2D eigenvalue weighted by atomic mass is 10.2. The normalized spacial score (nSPS) is 11.1. The zero-order chi connectivity index (χ0) is 14.4. The Morgan fingerprint density at radius 1 is 1.47 bits per heavy atom. The van der Waals surface area contributed by atoms with Gasteiger partial charge in [-0.05, 0) is 38.5 Å². The summed E-state index contributed by atoms with van der Waals surface area (Å²) in [6, 6.07) is 4.76. The molecule has 1 rings (SSSR count). The zero-order valence-electron chi connectivity index (χ0n) is 11.5. The van der Waals surface area contributed by atoms with E-state index in [9.17, 15) is 9.18 Å². The van der Waals surface area contributed by atoms with E-state index in [1.165, 1.54) is 6.07 Å². The van der Waals surface area contributed by atoms with Crippen LogP contribution in [-0.2, 0) is 16.1 Å². The number of benzene rings is 1. The quantitative estimate of drug-likeness (QED) is 0.752. The molecule has 0 saturated carbocycles. The van der Waals surface area contributed by atoms with Crippen molar-refractivity contribution in [2.45, 2.75) is 33.4 Å². The summed E-state index contributed by atoms with van der Waals surface area (Å²) in [5, 5.41) is 0.0948. The van der Waals surface area contributed by atoms with Gasteiger partial charge in [-0.25, -0.2) is 4.39 Å². The van der Waals surface area contributed by atoms with Gasteiger partial charge in [-0.15, -0.1) is 0 Å². The van der Waals surface area contributed by atoms with Gasteiger partial charge in [0.25, 0.3) is 0 Å². The second-order valence-electron chi connectivity index (χ2n) is 4.55. The third kappa shape index (κ3) is 5.17. The number of carbonyl (C=O) groups excluding carboxylic acids is 1. The summed E-state index contributed by atoms with van der Waals surface area (Å²) in [4.78, 5) is 13.5. The monoisotopic (exact) mass is 287 g/mol. The number of nitrogens with zero attached hydrogens (tertiary/aromatic N) is 1. The molecule has 0 fully saturated rings. The highest BCUT2D eigenvalue weighted by Crippen LogP contribution is 2.18. The van der Waals surface area contributed by atoms with Crippen LogP contribution in [0.4, 0.5) is 4.39 Å². The van der Waals surface area contributed by atoms with Crippen LogP contribution in [0.5, 0.6) is 0 Å². The largest absolute Gasteiger partial charge is 0.465 e. The molecule has 1 aromatic carbocycles. The van der Waals surface area contributed by atoms with Crippen LogP contribution in [0.25, 0.3) is 0 Å². The van der Waals surface area contributed by atoms with E-state index in [4.69, 9.17) is 16.3 Å². The van der Waals surface area contributed by atoms with Gasteiger partial charge in [-0.2, -0.15) is 0 Å². The standard InChI is InChI=1S/C14H19ClFNO2/c1-4-19-14(18)9-17(10(2)3)8-11-5-6-13(16)12(15)7-11/h5-7,10H,4,8-9H2,1-3H3. The summed E-state index contributed by atoms with van der Waals surface area (Å²) in [6.07, 6.45) is 0. The number of hydrogen-bond acceptors (Lipinski definition) is 3. The molecule has 0 aliphatic rings. The lowest BCUT2D eigenvalue weighted by Crippen LogP contribution is -2.36. The molecule has 0 heterocycles. The van der Waals surface area contributed by atoms with Crippen LogP contribution >= 0.6 is 11.6 Å². The summed E-state index contributed by atoms with van der Waals surface area (Å²) in [6.45, 7) is 6.86. The average molecular weight is 288 g/mol. The fourth-order valence-electron chi connectivity index (χ4n) is 1.67. The predicted molar refractivity (Wildman–Crippen MR) is 73.6 cm³/mol. The maximum atomic E-state index is 13.1. The van der Waals surface area contributed by atoms with Gasteiger partial charge >= 0.3 is 5.97 Å². The first-order valence-electron chi connectivity index (χ1n) is 6.27. The van der Waals surface area contributed by atoms with E-state index < -0.39 is 5.82 Å². The van der Waals surface area contributed by atoms with Crippen molar-refractivity contribution < 1.29 is 13.9 Å². The minimum absolute atomic E-state index is 0.0948. The Balaban J connectivity index is 2.72. The highest BCUT2D eigenvalue weighted by molar-refractivity contribution is 6.30. The van der Waals surface area contributed by atoms with Gasteiger partial charge < -0.3 is 4.74 Å². The van der Waals surface area contributed by atoms with Gasteiger partial charge in [0, 0.05) is 12.6 Å². The molecule has 0 radical (unpaired) electrons. The molecule has 5 heteroatoms. The maximum Gasteiger partial charge on any atom is 0.320 e. The summed E-state index contributed by atoms with van der Waals surface area (Å²) in [7, 11) is 0. The van der Waals surface area contributed by atoms with Gasteiger partial charge in [0.15, 0.2) is 0 Å². The van der Waals surface area contributed by atoms with Crippen molar-refractivity contribution in [1.82, 2.24) is 4.90 Å². The molecule has 0 spiro atoms. The molecule has 0 aliphatic carbocycles. The van der Waals surface area contributed by atoms with Crippen LogP contribution < -0.4 is 0 Å². The number of carbonyl (C=O) groups is 1. The lowest BCUT2D eigenvalue weighted by molar-refractivity contribution is -0.145. The molecule has 0 atom stereocenters. The Kier molecular flexibility index (Phi) is 6.25. The molecule has 0 bridgehead atoms. The summed E-state index contributed by atoms with van der Waals surface area (Å²) in [5.74, 6) is -0.698.